The van der Waals surface area contributed by atoms with Crippen molar-refractivity contribution in [1.29, 1.82) is 0 Å². The van der Waals surface area contributed by atoms with E-state index in [1.165, 1.54) is 0 Å². The van der Waals surface area contributed by atoms with Crippen molar-refractivity contribution >= 4 is 22.9 Å². The first-order chi connectivity index (χ1) is 7.79. The van der Waals surface area contributed by atoms with Crippen LogP contribution in [0.1, 0.15) is 12.8 Å². The number of para-hydroxylation sites is 2. The van der Waals surface area contributed by atoms with Crippen molar-refractivity contribution in [1.82, 2.24) is 4.98 Å². The van der Waals surface area contributed by atoms with E-state index < -0.39 is 0 Å². The first kappa shape index (κ1) is 11.5. The van der Waals surface area contributed by atoms with Gasteiger partial charge in [-0.25, -0.2) is 4.98 Å². The lowest BCUT2D eigenvalue weighted by atomic mass is 10.2. The van der Waals surface area contributed by atoms with Gasteiger partial charge >= 0.3 is 0 Å². The summed E-state index contributed by atoms with van der Waals surface area (Å²) in [5, 5.41) is 0. The van der Waals surface area contributed by atoms with Crippen molar-refractivity contribution in [2.24, 2.45) is 11.7 Å². The highest BCUT2D eigenvalue weighted by Crippen LogP contribution is 2.19. The van der Waals surface area contributed by atoms with Crippen molar-refractivity contribution in [2.45, 2.75) is 12.7 Å². The van der Waals surface area contributed by atoms with Gasteiger partial charge in [-0.2, -0.15) is 11.8 Å². The van der Waals surface area contributed by atoms with E-state index in [1.54, 1.807) is 0 Å². The molecule has 3 nitrogen and oxygen atoms in total. The standard InChI is InChI=1S/C12H16N2OS/c1-9(6-13)7-16-8-12-14-10-4-2-3-5-11(10)15-12/h2-5,9H,6-8,13H2,1H3. The van der Waals surface area contributed by atoms with Crippen molar-refractivity contribution in [3.63, 3.8) is 0 Å². The lowest BCUT2D eigenvalue weighted by Gasteiger charge is -2.05. The van der Waals surface area contributed by atoms with Gasteiger partial charge in [0.1, 0.15) is 5.52 Å². The van der Waals surface area contributed by atoms with Crippen LogP contribution >= 0.6 is 11.8 Å². The Morgan fingerprint density at radius 1 is 1.44 bits per heavy atom. The van der Waals surface area contributed by atoms with E-state index in [0.717, 1.165) is 35.0 Å². The van der Waals surface area contributed by atoms with E-state index in [2.05, 4.69) is 11.9 Å². The topological polar surface area (TPSA) is 52.0 Å². The number of aromatic nitrogens is 1. The SMILES string of the molecule is CC(CN)CSCc1nc2ccccc2o1. The van der Waals surface area contributed by atoms with Gasteiger partial charge < -0.3 is 10.2 Å². The minimum atomic E-state index is 0.550. The predicted octanol–water partition coefficient (Wildman–Crippen LogP) is 2.66. The summed E-state index contributed by atoms with van der Waals surface area (Å²) in [5.74, 6) is 3.22. The number of hydrogen-bond donors (Lipinski definition) is 1. The summed E-state index contributed by atoms with van der Waals surface area (Å²) in [7, 11) is 0. The lowest BCUT2D eigenvalue weighted by Crippen LogP contribution is -2.12. The Bertz CT molecular complexity index is 422. The third kappa shape index (κ3) is 2.77. The van der Waals surface area contributed by atoms with Gasteiger partial charge in [0.05, 0.1) is 5.75 Å². The summed E-state index contributed by atoms with van der Waals surface area (Å²) in [6.07, 6.45) is 0. The maximum Gasteiger partial charge on any atom is 0.205 e. The Hall–Kier alpha value is -1.00. The molecular weight excluding hydrogens is 220 g/mol. The molecule has 0 aliphatic rings. The third-order valence-electron chi connectivity index (χ3n) is 2.37. The van der Waals surface area contributed by atoms with Crippen LogP contribution in [0, 0.1) is 5.92 Å². The highest BCUT2D eigenvalue weighted by atomic mass is 32.2. The first-order valence-electron chi connectivity index (χ1n) is 5.42. The Labute approximate surface area is 99.4 Å². The number of hydrogen-bond acceptors (Lipinski definition) is 4. The van der Waals surface area contributed by atoms with Gasteiger partial charge in [-0.3, -0.25) is 0 Å². The molecule has 1 heterocycles. The number of thioether (sulfide) groups is 1. The van der Waals surface area contributed by atoms with Crippen LogP contribution in [-0.4, -0.2) is 17.3 Å². The van der Waals surface area contributed by atoms with Crippen LogP contribution in [0.3, 0.4) is 0 Å². The van der Waals surface area contributed by atoms with Crippen molar-refractivity contribution in [3.8, 4) is 0 Å². The smallest absolute Gasteiger partial charge is 0.205 e. The molecule has 16 heavy (non-hydrogen) atoms. The molecule has 0 saturated carbocycles. The third-order valence-corrected chi connectivity index (χ3v) is 3.62. The second-order valence-electron chi connectivity index (χ2n) is 3.93. The van der Waals surface area contributed by atoms with Crippen LogP contribution in [0.5, 0.6) is 0 Å². The second kappa shape index (κ2) is 5.37. The van der Waals surface area contributed by atoms with Crippen molar-refractivity contribution in [2.75, 3.05) is 12.3 Å². The first-order valence-corrected chi connectivity index (χ1v) is 6.57. The fourth-order valence-electron chi connectivity index (χ4n) is 1.40. The van der Waals surface area contributed by atoms with Gasteiger partial charge in [-0.1, -0.05) is 19.1 Å². The molecule has 0 amide bonds. The molecule has 1 unspecified atom stereocenters. The van der Waals surface area contributed by atoms with Crippen LogP contribution in [0.25, 0.3) is 11.1 Å². The molecule has 0 saturated heterocycles. The number of nitrogens with zero attached hydrogens (tertiary/aromatic N) is 1. The molecule has 2 N–H and O–H groups in total. The summed E-state index contributed by atoms with van der Waals surface area (Å²) in [6.45, 7) is 2.89. The molecule has 0 aliphatic carbocycles. The maximum absolute atomic E-state index is 5.62. The fraction of sp³-hybridized carbons (Fsp3) is 0.417. The number of fused-ring (bicyclic) bond motifs is 1. The molecule has 0 spiro atoms. The monoisotopic (exact) mass is 236 g/mol. The summed E-state index contributed by atoms with van der Waals surface area (Å²) in [4.78, 5) is 4.42. The number of rotatable bonds is 5. The van der Waals surface area contributed by atoms with Gasteiger partial charge in [0, 0.05) is 0 Å². The molecule has 4 heteroatoms. The van der Waals surface area contributed by atoms with Crippen molar-refractivity contribution in [3.05, 3.63) is 30.2 Å². The molecule has 1 atom stereocenters. The Morgan fingerprint density at radius 3 is 3.00 bits per heavy atom. The lowest BCUT2D eigenvalue weighted by molar-refractivity contribution is 0.555. The average Bonchev–Trinajstić information content (AvgIpc) is 2.71. The molecule has 2 rings (SSSR count). The van der Waals surface area contributed by atoms with Gasteiger partial charge in [0.25, 0.3) is 0 Å². The zero-order chi connectivity index (χ0) is 11.4. The zero-order valence-corrected chi connectivity index (χ0v) is 10.2. The number of nitrogens with two attached hydrogens (primary N) is 1. The molecule has 0 bridgehead atoms. The minimum Gasteiger partial charge on any atom is -0.440 e. The summed E-state index contributed by atoms with van der Waals surface area (Å²) in [6, 6.07) is 7.84. The van der Waals surface area contributed by atoms with Gasteiger partial charge in [0.2, 0.25) is 5.89 Å². The van der Waals surface area contributed by atoms with E-state index in [0.29, 0.717) is 5.92 Å². The maximum atomic E-state index is 5.62. The molecule has 2 aromatic rings. The Balaban J connectivity index is 1.94. The van der Waals surface area contributed by atoms with Gasteiger partial charge in [-0.05, 0) is 30.3 Å². The molecule has 0 aliphatic heterocycles. The Kier molecular flexibility index (Phi) is 3.85. The molecule has 86 valence electrons. The molecular formula is C12H16N2OS. The quantitative estimate of drug-likeness (QED) is 0.867. The van der Waals surface area contributed by atoms with E-state index in [-0.39, 0.29) is 0 Å². The second-order valence-corrected chi connectivity index (χ2v) is 4.96. The van der Waals surface area contributed by atoms with E-state index in [4.69, 9.17) is 10.2 Å². The van der Waals surface area contributed by atoms with Crippen LogP contribution in [0.2, 0.25) is 0 Å². The Morgan fingerprint density at radius 2 is 2.25 bits per heavy atom. The molecule has 0 fully saturated rings. The largest absolute Gasteiger partial charge is 0.440 e. The highest BCUT2D eigenvalue weighted by Gasteiger charge is 2.06. The molecule has 1 aromatic heterocycles. The van der Waals surface area contributed by atoms with Crippen LogP contribution in [0.15, 0.2) is 28.7 Å². The predicted molar refractivity (Wildman–Crippen MR) is 68.4 cm³/mol. The zero-order valence-electron chi connectivity index (χ0n) is 9.35. The van der Waals surface area contributed by atoms with Crippen molar-refractivity contribution < 1.29 is 4.42 Å². The summed E-state index contributed by atoms with van der Waals surface area (Å²) >= 11 is 1.82. The molecule has 0 radical (unpaired) electrons. The van der Waals surface area contributed by atoms with E-state index >= 15 is 0 Å². The highest BCUT2D eigenvalue weighted by molar-refractivity contribution is 7.98. The average molecular weight is 236 g/mol. The number of oxazole rings is 1. The summed E-state index contributed by atoms with van der Waals surface area (Å²) < 4.78 is 5.62. The summed E-state index contributed by atoms with van der Waals surface area (Å²) in [5.41, 5.74) is 7.36. The number of benzene rings is 1. The van der Waals surface area contributed by atoms with Gasteiger partial charge in [0.15, 0.2) is 5.58 Å². The van der Waals surface area contributed by atoms with Crippen LogP contribution in [0.4, 0.5) is 0 Å². The van der Waals surface area contributed by atoms with E-state index in [1.807, 2.05) is 36.0 Å². The van der Waals surface area contributed by atoms with E-state index in [9.17, 15) is 0 Å². The van der Waals surface area contributed by atoms with Gasteiger partial charge in [-0.15, -0.1) is 0 Å². The minimum absolute atomic E-state index is 0.550. The fourth-order valence-corrected chi connectivity index (χ4v) is 2.35. The van der Waals surface area contributed by atoms with Crippen LogP contribution < -0.4 is 5.73 Å². The van der Waals surface area contributed by atoms with Crippen LogP contribution in [-0.2, 0) is 5.75 Å². The molecule has 1 aromatic carbocycles. The normalized spacial score (nSPS) is 13.1.